The Kier molecular flexibility index (Phi) is 4.43. The number of hydrogen-bond donors (Lipinski definition) is 0. The first-order chi connectivity index (χ1) is 10.9. The summed E-state index contributed by atoms with van der Waals surface area (Å²) >= 11 is -2.87. The van der Waals surface area contributed by atoms with Crippen molar-refractivity contribution in [1.82, 2.24) is 0 Å². The first-order valence-electron chi connectivity index (χ1n) is 7.41. The maximum absolute atomic E-state index is 3.89. The molecule has 0 amide bonds. The predicted molar refractivity (Wildman–Crippen MR) is 97.7 cm³/mol. The molecule has 3 rings (SSSR count). The van der Waals surface area contributed by atoms with E-state index in [0.29, 0.717) is 0 Å². The van der Waals surface area contributed by atoms with Crippen molar-refractivity contribution in [2.75, 3.05) is 0 Å². The van der Waals surface area contributed by atoms with Crippen LogP contribution in [0, 0.1) is 0 Å². The van der Waals surface area contributed by atoms with Gasteiger partial charge in [-0.05, 0) is 0 Å². The van der Waals surface area contributed by atoms with Crippen molar-refractivity contribution in [3.63, 3.8) is 0 Å². The van der Waals surface area contributed by atoms with Crippen LogP contribution in [0.1, 0.15) is 0 Å². The number of rotatable bonds is 4. The minimum absolute atomic E-state index is 1.40. The Bertz CT molecular complexity index is 673. The van der Waals surface area contributed by atoms with Crippen LogP contribution in [0.2, 0.25) is 0 Å². The third-order valence-corrected chi connectivity index (χ3v) is 13.2. The van der Waals surface area contributed by atoms with Crippen molar-refractivity contribution in [3.05, 3.63) is 108 Å². The summed E-state index contributed by atoms with van der Waals surface area (Å²) in [5.74, 6) is 0. The molecule has 0 unspecified atom stereocenters. The van der Waals surface area contributed by atoms with E-state index in [1.165, 1.54) is 13.2 Å². The first-order valence-corrected chi connectivity index (χ1v) is 11.8. The van der Waals surface area contributed by atoms with Crippen molar-refractivity contribution in [3.8, 4) is 0 Å². The van der Waals surface area contributed by atoms with Gasteiger partial charge in [0.05, 0.1) is 0 Å². The first kappa shape index (κ1) is 14.7. The van der Waals surface area contributed by atoms with Gasteiger partial charge in [0, 0.05) is 0 Å². The van der Waals surface area contributed by atoms with Gasteiger partial charge in [0.15, 0.2) is 0 Å². The Morgan fingerprint density at radius 2 is 0.909 bits per heavy atom. The second kappa shape index (κ2) is 6.66. The average molecular weight is 343 g/mol. The van der Waals surface area contributed by atoms with Crippen LogP contribution in [0.25, 0.3) is 0 Å². The number of hydrogen-bond acceptors (Lipinski definition) is 0. The molecule has 0 saturated carbocycles. The molecular formula is C21H18Ge. The van der Waals surface area contributed by atoms with Gasteiger partial charge in [-0.25, -0.2) is 0 Å². The van der Waals surface area contributed by atoms with Gasteiger partial charge in [-0.15, -0.1) is 0 Å². The van der Waals surface area contributed by atoms with Gasteiger partial charge in [0.2, 0.25) is 0 Å². The molecule has 0 aromatic heterocycles. The van der Waals surface area contributed by atoms with Crippen LogP contribution in [0.5, 0.6) is 0 Å². The van der Waals surface area contributed by atoms with E-state index in [2.05, 4.69) is 108 Å². The van der Waals surface area contributed by atoms with E-state index in [9.17, 15) is 0 Å². The average Bonchev–Trinajstić information content (AvgIpc) is 2.62. The van der Waals surface area contributed by atoms with Gasteiger partial charge in [0.1, 0.15) is 0 Å². The zero-order valence-electron chi connectivity index (χ0n) is 12.4. The van der Waals surface area contributed by atoms with Gasteiger partial charge in [-0.3, -0.25) is 0 Å². The van der Waals surface area contributed by atoms with Crippen LogP contribution in [-0.2, 0) is 0 Å². The van der Waals surface area contributed by atoms with Crippen LogP contribution >= 0.6 is 0 Å². The topological polar surface area (TPSA) is 0 Å². The van der Waals surface area contributed by atoms with Crippen molar-refractivity contribution in [1.29, 1.82) is 0 Å². The predicted octanol–water partition coefficient (Wildman–Crippen LogP) is 3.04. The zero-order valence-corrected chi connectivity index (χ0v) is 14.5. The molecule has 22 heavy (non-hydrogen) atoms. The fourth-order valence-electron chi connectivity index (χ4n) is 3.01. The summed E-state index contributed by atoms with van der Waals surface area (Å²) < 4.78 is 4.20. The molecule has 0 N–H and O–H groups in total. The molecule has 0 radical (unpaired) electrons. The Balaban J connectivity index is 2.37. The second-order valence-corrected chi connectivity index (χ2v) is 12.9. The molecule has 3 aromatic rings. The zero-order chi connectivity index (χ0) is 15.3. The third-order valence-electron chi connectivity index (χ3n) is 4.01. The minimum atomic E-state index is -2.87. The molecule has 0 nitrogen and oxygen atoms in total. The van der Waals surface area contributed by atoms with Gasteiger partial charge >= 0.3 is 135 Å². The van der Waals surface area contributed by atoms with E-state index < -0.39 is 13.3 Å². The molecule has 0 aliphatic rings. The van der Waals surface area contributed by atoms with Gasteiger partial charge < -0.3 is 0 Å². The van der Waals surface area contributed by atoms with Crippen LogP contribution in [0.4, 0.5) is 0 Å². The van der Waals surface area contributed by atoms with Crippen LogP contribution < -0.4 is 13.2 Å². The molecule has 0 aliphatic heterocycles. The molecule has 0 aliphatic carbocycles. The van der Waals surface area contributed by atoms with Gasteiger partial charge in [-0.1, -0.05) is 0 Å². The van der Waals surface area contributed by atoms with E-state index in [-0.39, 0.29) is 0 Å². The molecule has 0 fully saturated rings. The van der Waals surface area contributed by atoms with Crippen LogP contribution in [-0.4, -0.2) is 13.3 Å². The van der Waals surface area contributed by atoms with E-state index in [1.54, 1.807) is 0 Å². The molecule has 0 heterocycles. The molecule has 1 heteroatoms. The van der Waals surface area contributed by atoms with Crippen molar-refractivity contribution in [2.24, 2.45) is 0 Å². The molecule has 3 aromatic carbocycles. The van der Waals surface area contributed by atoms with Gasteiger partial charge in [-0.2, -0.15) is 0 Å². The van der Waals surface area contributed by atoms with Crippen molar-refractivity contribution in [2.45, 2.75) is 0 Å². The van der Waals surface area contributed by atoms with Crippen LogP contribution in [0.3, 0.4) is 0 Å². The summed E-state index contributed by atoms with van der Waals surface area (Å²) in [4.78, 5) is 2.25. The molecule has 0 spiro atoms. The molecule has 0 saturated heterocycles. The SMILES string of the molecule is C=C=[CH][Ge]([c]1ccccc1)([c]1ccccc1)[c]1ccccc1. The van der Waals surface area contributed by atoms with E-state index in [4.69, 9.17) is 0 Å². The Morgan fingerprint density at radius 3 is 1.18 bits per heavy atom. The Labute approximate surface area is 134 Å². The maximum atomic E-state index is 3.89. The summed E-state index contributed by atoms with van der Waals surface area (Å²) in [6.07, 6.45) is 0. The van der Waals surface area contributed by atoms with E-state index >= 15 is 0 Å². The molecule has 0 bridgehead atoms. The summed E-state index contributed by atoms with van der Waals surface area (Å²) in [6.45, 7) is 3.89. The van der Waals surface area contributed by atoms with Crippen molar-refractivity contribution < 1.29 is 0 Å². The summed E-state index contributed by atoms with van der Waals surface area (Å²) in [7, 11) is 0. The molecular weight excluding hydrogens is 325 g/mol. The fourth-order valence-corrected chi connectivity index (χ4v) is 11.3. The normalized spacial score (nSPS) is 10.7. The quantitative estimate of drug-likeness (QED) is 0.505. The Morgan fingerprint density at radius 1 is 0.591 bits per heavy atom. The fraction of sp³-hybridized carbons (Fsp3) is 0. The molecule has 0 atom stereocenters. The van der Waals surface area contributed by atoms with Crippen LogP contribution in [0.15, 0.2) is 108 Å². The monoisotopic (exact) mass is 344 g/mol. The van der Waals surface area contributed by atoms with Gasteiger partial charge in [0.25, 0.3) is 0 Å². The third kappa shape index (κ3) is 2.59. The summed E-state index contributed by atoms with van der Waals surface area (Å²) in [6, 6.07) is 32.4. The van der Waals surface area contributed by atoms with E-state index in [0.717, 1.165) is 0 Å². The second-order valence-electron chi connectivity index (χ2n) is 5.25. The Hall–Kier alpha value is -2.28. The number of benzene rings is 3. The summed E-state index contributed by atoms with van der Waals surface area (Å²) in [5, 5.41) is 0. The van der Waals surface area contributed by atoms with E-state index in [1.807, 2.05) is 0 Å². The molecule has 106 valence electrons. The standard InChI is InChI=1S/C21H18Ge/c1-2-18-22(19-12-6-3-7-13-19,20-14-8-4-9-15-20)21-16-10-5-11-17-21/h3-18H,1H2. The van der Waals surface area contributed by atoms with Crippen molar-refractivity contribution >= 4 is 26.5 Å². The summed E-state index contributed by atoms with van der Waals surface area (Å²) in [5.41, 5.74) is 3.11.